The Kier molecular flexibility index (Phi) is 3.31. The van der Waals surface area contributed by atoms with Crippen molar-refractivity contribution < 1.29 is 5.11 Å². The summed E-state index contributed by atoms with van der Waals surface area (Å²) < 4.78 is 1.58. The Morgan fingerprint density at radius 3 is 3.00 bits per heavy atom. The van der Waals surface area contributed by atoms with Crippen molar-refractivity contribution in [1.29, 1.82) is 0 Å². The second kappa shape index (κ2) is 5.11. The quantitative estimate of drug-likeness (QED) is 0.821. The summed E-state index contributed by atoms with van der Waals surface area (Å²) in [4.78, 5) is 16.0. The Hall–Kier alpha value is -1.72. The van der Waals surface area contributed by atoms with Crippen molar-refractivity contribution >= 4 is 11.0 Å². The summed E-state index contributed by atoms with van der Waals surface area (Å²) in [6, 6.07) is 8.02. The summed E-state index contributed by atoms with van der Waals surface area (Å²) in [5.41, 5.74) is 1.36. The van der Waals surface area contributed by atoms with Crippen molar-refractivity contribution in [2.45, 2.75) is 31.5 Å². The highest BCUT2D eigenvalue weighted by Gasteiger charge is 2.21. The maximum Gasteiger partial charge on any atom is 0.269 e. The summed E-state index contributed by atoms with van der Waals surface area (Å²) in [5, 5.41) is 13.3. The zero-order chi connectivity index (χ0) is 13.2. The fraction of sp³-hybridized carbons (Fsp3) is 0.429. The van der Waals surface area contributed by atoms with Gasteiger partial charge in [-0.25, -0.2) is 4.98 Å². The van der Waals surface area contributed by atoms with E-state index in [0.29, 0.717) is 19.1 Å². The van der Waals surface area contributed by atoms with Crippen molar-refractivity contribution in [1.82, 2.24) is 14.9 Å². The van der Waals surface area contributed by atoms with E-state index >= 15 is 0 Å². The third kappa shape index (κ3) is 2.83. The summed E-state index contributed by atoms with van der Waals surface area (Å²) in [6.07, 6.45) is 3.11. The van der Waals surface area contributed by atoms with Gasteiger partial charge in [-0.3, -0.25) is 4.79 Å². The molecule has 5 nitrogen and oxygen atoms in total. The normalized spacial score (nSPS) is 16.7. The molecule has 0 bridgehead atoms. The van der Waals surface area contributed by atoms with Crippen LogP contribution in [0.15, 0.2) is 35.3 Å². The van der Waals surface area contributed by atoms with Crippen LogP contribution in [0, 0.1) is 0 Å². The van der Waals surface area contributed by atoms with Gasteiger partial charge in [0.05, 0.1) is 29.9 Å². The van der Waals surface area contributed by atoms with E-state index in [2.05, 4.69) is 10.3 Å². The second-order valence-corrected chi connectivity index (χ2v) is 5.03. The highest BCUT2D eigenvalue weighted by atomic mass is 16.3. The summed E-state index contributed by atoms with van der Waals surface area (Å²) in [6.45, 7) is 0.815. The number of hydrogen-bond acceptors (Lipinski definition) is 4. The Morgan fingerprint density at radius 1 is 1.42 bits per heavy atom. The molecule has 1 saturated carbocycles. The number of nitrogens with one attached hydrogen (secondary N) is 1. The Balaban J connectivity index is 1.82. The molecule has 0 spiro atoms. The molecule has 19 heavy (non-hydrogen) atoms. The SMILES string of the molecule is O=c1cnc2ccccc2n1CC(O)CNC1CC1. The van der Waals surface area contributed by atoms with Gasteiger partial charge in [0.25, 0.3) is 5.56 Å². The molecule has 3 rings (SSSR count). The number of aliphatic hydroxyl groups excluding tert-OH is 1. The van der Waals surface area contributed by atoms with Gasteiger partial charge >= 0.3 is 0 Å². The van der Waals surface area contributed by atoms with Gasteiger partial charge < -0.3 is 15.0 Å². The van der Waals surface area contributed by atoms with E-state index in [4.69, 9.17) is 0 Å². The standard InChI is InChI=1S/C14H17N3O2/c18-11(7-15-10-5-6-10)9-17-13-4-2-1-3-12(13)16-8-14(17)19/h1-4,8,10-11,15,18H,5-7,9H2. The number of hydrogen-bond donors (Lipinski definition) is 2. The molecule has 1 heterocycles. The van der Waals surface area contributed by atoms with Gasteiger partial charge in [0, 0.05) is 12.6 Å². The third-order valence-corrected chi connectivity index (χ3v) is 3.37. The van der Waals surface area contributed by atoms with Crippen LogP contribution in [-0.2, 0) is 6.54 Å². The molecular formula is C14H17N3O2. The molecule has 0 aliphatic heterocycles. The lowest BCUT2D eigenvalue weighted by Crippen LogP contribution is -2.34. The first kappa shape index (κ1) is 12.3. The zero-order valence-corrected chi connectivity index (χ0v) is 10.6. The van der Waals surface area contributed by atoms with Crippen LogP contribution in [0.4, 0.5) is 0 Å². The highest BCUT2D eigenvalue weighted by molar-refractivity contribution is 5.74. The smallest absolute Gasteiger partial charge is 0.269 e. The third-order valence-electron chi connectivity index (χ3n) is 3.37. The predicted molar refractivity (Wildman–Crippen MR) is 73.0 cm³/mol. The van der Waals surface area contributed by atoms with Gasteiger partial charge in [-0.15, -0.1) is 0 Å². The largest absolute Gasteiger partial charge is 0.390 e. The fourth-order valence-electron chi connectivity index (χ4n) is 2.17. The van der Waals surface area contributed by atoms with Crippen molar-refractivity contribution in [3.63, 3.8) is 0 Å². The second-order valence-electron chi connectivity index (χ2n) is 5.03. The molecule has 2 N–H and O–H groups in total. The first-order chi connectivity index (χ1) is 9.24. The van der Waals surface area contributed by atoms with E-state index in [9.17, 15) is 9.90 Å². The molecule has 1 unspecified atom stereocenters. The van der Waals surface area contributed by atoms with Crippen molar-refractivity contribution in [3.8, 4) is 0 Å². The van der Waals surface area contributed by atoms with Crippen LogP contribution in [-0.4, -0.2) is 33.3 Å². The van der Waals surface area contributed by atoms with Crippen LogP contribution < -0.4 is 10.9 Å². The average molecular weight is 259 g/mol. The van der Waals surface area contributed by atoms with Crippen molar-refractivity contribution in [2.24, 2.45) is 0 Å². The number of benzene rings is 1. The monoisotopic (exact) mass is 259 g/mol. The summed E-state index contributed by atoms with van der Waals surface area (Å²) in [5.74, 6) is 0. The lowest BCUT2D eigenvalue weighted by molar-refractivity contribution is 0.151. The molecule has 5 heteroatoms. The molecule has 1 aromatic carbocycles. The highest BCUT2D eigenvalue weighted by Crippen LogP contribution is 2.18. The molecule has 1 aliphatic carbocycles. The number of fused-ring (bicyclic) bond motifs is 1. The molecule has 0 amide bonds. The molecule has 1 aromatic heterocycles. The van der Waals surface area contributed by atoms with Crippen LogP contribution >= 0.6 is 0 Å². The number of aromatic nitrogens is 2. The molecule has 1 atom stereocenters. The van der Waals surface area contributed by atoms with E-state index in [1.807, 2.05) is 24.3 Å². The van der Waals surface area contributed by atoms with Gasteiger partial charge in [-0.2, -0.15) is 0 Å². The molecule has 2 aromatic rings. The molecular weight excluding hydrogens is 242 g/mol. The average Bonchev–Trinajstić information content (AvgIpc) is 3.24. The van der Waals surface area contributed by atoms with Crippen LogP contribution in [0.25, 0.3) is 11.0 Å². The molecule has 0 saturated heterocycles. The number of aliphatic hydroxyl groups is 1. The summed E-state index contributed by atoms with van der Waals surface area (Å²) in [7, 11) is 0. The molecule has 1 fully saturated rings. The van der Waals surface area contributed by atoms with Crippen LogP contribution in [0.3, 0.4) is 0 Å². The van der Waals surface area contributed by atoms with Crippen LogP contribution in [0.2, 0.25) is 0 Å². The minimum atomic E-state index is -0.566. The van der Waals surface area contributed by atoms with Crippen LogP contribution in [0.5, 0.6) is 0 Å². The van der Waals surface area contributed by atoms with Crippen LogP contribution in [0.1, 0.15) is 12.8 Å². The van der Waals surface area contributed by atoms with E-state index in [0.717, 1.165) is 11.0 Å². The topological polar surface area (TPSA) is 67.2 Å². The zero-order valence-electron chi connectivity index (χ0n) is 10.6. The van der Waals surface area contributed by atoms with E-state index < -0.39 is 6.10 Å². The van der Waals surface area contributed by atoms with E-state index in [-0.39, 0.29) is 5.56 Å². The fourth-order valence-corrected chi connectivity index (χ4v) is 2.17. The maximum atomic E-state index is 11.9. The Labute approximate surface area is 110 Å². The lowest BCUT2D eigenvalue weighted by Gasteiger charge is -2.15. The van der Waals surface area contributed by atoms with Crippen molar-refractivity contribution in [3.05, 3.63) is 40.8 Å². The maximum absolute atomic E-state index is 11.9. The lowest BCUT2D eigenvalue weighted by atomic mass is 10.2. The van der Waals surface area contributed by atoms with Crippen molar-refractivity contribution in [2.75, 3.05) is 6.54 Å². The Morgan fingerprint density at radius 2 is 2.21 bits per heavy atom. The predicted octanol–water partition coefficient (Wildman–Crippen LogP) is 0.509. The minimum absolute atomic E-state index is 0.177. The van der Waals surface area contributed by atoms with E-state index in [1.54, 1.807) is 4.57 Å². The van der Waals surface area contributed by atoms with Gasteiger partial charge in [-0.1, -0.05) is 12.1 Å². The van der Waals surface area contributed by atoms with E-state index in [1.165, 1.54) is 19.0 Å². The first-order valence-electron chi connectivity index (χ1n) is 6.60. The minimum Gasteiger partial charge on any atom is -0.390 e. The number of nitrogens with zero attached hydrogens (tertiary/aromatic N) is 2. The summed E-state index contributed by atoms with van der Waals surface area (Å²) >= 11 is 0. The number of para-hydroxylation sites is 2. The molecule has 0 radical (unpaired) electrons. The van der Waals surface area contributed by atoms with Gasteiger partial charge in [0.1, 0.15) is 0 Å². The first-order valence-corrected chi connectivity index (χ1v) is 6.60. The molecule has 1 aliphatic rings. The Bertz CT molecular complexity index is 634. The van der Waals surface area contributed by atoms with Gasteiger partial charge in [0.15, 0.2) is 0 Å². The number of rotatable bonds is 5. The van der Waals surface area contributed by atoms with Gasteiger partial charge in [0.2, 0.25) is 0 Å². The molecule has 100 valence electrons. The van der Waals surface area contributed by atoms with Gasteiger partial charge in [-0.05, 0) is 25.0 Å².